The first-order chi connectivity index (χ1) is 8.30. The number of amides is 2. The molecular weight excluding hydrogens is 236 g/mol. The summed E-state index contributed by atoms with van der Waals surface area (Å²) in [6.45, 7) is 5.57. The monoisotopic (exact) mass is 256 g/mol. The molecule has 1 aliphatic heterocycles. The third-order valence-corrected chi connectivity index (χ3v) is 3.31. The molecule has 6 nitrogen and oxygen atoms in total. The number of carbonyl (C=O) groups excluding carboxylic acids is 2. The van der Waals surface area contributed by atoms with Gasteiger partial charge in [-0.2, -0.15) is 0 Å². The average Bonchev–Trinajstić information content (AvgIpc) is 2.64. The molecule has 1 N–H and O–H groups in total. The van der Waals surface area contributed by atoms with Crippen LogP contribution in [0.15, 0.2) is 0 Å². The highest BCUT2D eigenvalue weighted by Crippen LogP contribution is 2.16. The van der Waals surface area contributed by atoms with E-state index in [1.165, 1.54) is 23.6 Å². The highest BCUT2D eigenvalue weighted by molar-refractivity contribution is 5.90. The normalized spacial score (nSPS) is 15.9. The van der Waals surface area contributed by atoms with Crippen molar-refractivity contribution in [2.75, 3.05) is 19.6 Å². The summed E-state index contributed by atoms with van der Waals surface area (Å²) in [6, 6.07) is 0. The van der Waals surface area contributed by atoms with Crippen molar-refractivity contribution in [1.29, 1.82) is 0 Å². The molecule has 0 radical (unpaired) electrons. The zero-order chi connectivity index (χ0) is 13.9. The smallest absolute Gasteiger partial charge is 0.329 e. The number of nitrogens with zero attached hydrogens (tertiary/aromatic N) is 2. The molecule has 0 aliphatic carbocycles. The number of carboxylic acid groups (broad SMARTS) is 1. The quantitative estimate of drug-likeness (QED) is 0.768. The maximum absolute atomic E-state index is 12.1. The minimum Gasteiger partial charge on any atom is -0.480 e. The van der Waals surface area contributed by atoms with Gasteiger partial charge in [-0.15, -0.1) is 0 Å². The van der Waals surface area contributed by atoms with Crippen LogP contribution >= 0.6 is 0 Å². The molecular formula is C12H20N2O4. The molecule has 1 heterocycles. The van der Waals surface area contributed by atoms with Crippen LogP contribution in [0.25, 0.3) is 0 Å². The Balaban J connectivity index is 2.74. The summed E-state index contributed by atoms with van der Waals surface area (Å²) >= 11 is 0. The van der Waals surface area contributed by atoms with Gasteiger partial charge in [0, 0.05) is 19.5 Å². The van der Waals surface area contributed by atoms with Gasteiger partial charge >= 0.3 is 5.97 Å². The molecule has 1 fully saturated rings. The lowest BCUT2D eigenvalue weighted by molar-refractivity contribution is -0.157. The van der Waals surface area contributed by atoms with Gasteiger partial charge in [-0.1, -0.05) is 0 Å². The van der Waals surface area contributed by atoms with E-state index in [9.17, 15) is 14.4 Å². The number of hydrogen-bond donors (Lipinski definition) is 1. The Kier molecular flexibility index (Phi) is 4.32. The molecule has 102 valence electrons. The summed E-state index contributed by atoms with van der Waals surface area (Å²) in [6.07, 6.45) is 1.24. The molecule has 0 aromatic heterocycles. The van der Waals surface area contributed by atoms with E-state index in [4.69, 9.17) is 5.11 Å². The van der Waals surface area contributed by atoms with Crippen LogP contribution in [0.2, 0.25) is 0 Å². The number of likely N-dealkylation sites (tertiary alicyclic amines) is 1. The number of carbonyl (C=O) groups is 3. The molecule has 0 atom stereocenters. The van der Waals surface area contributed by atoms with Gasteiger partial charge in [0.1, 0.15) is 5.54 Å². The molecule has 0 aromatic carbocycles. The molecule has 2 amide bonds. The van der Waals surface area contributed by atoms with Crippen LogP contribution in [-0.2, 0) is 14.4 Å². The maximum Gasteiger partial charge on any atom is 0.329 e. The highest BCUT2D eigenvalue weighted by Gasteiger charge is 2.37. The van der Waals surface area contributed by atoms with Crippen LogP contribution in [-0.4, -0.2) is 57.9 Å². The predicted octanol–water partition coefficient (Wildman–Crippen LogP) is 0.320. The van der Waals surface area contributed by atoms with Gasteiger partial charge in [0.05, 0.1) is 6.54 Å². The van der Waals surface area contributed by atoms with E-state index in [2.05, 4.69) is 0 Å². The van der Waals surface area contributed by atoms with Gasteiger partial charge in [-0.3, -0.25) is 9.59 Å². The Morgan fingerprint density at radius 1 is 1.44 bits per heavy atom. The van der Waals surface area contributed by atoms with Gasteiger partial charge in [0.25, 0.3) is 0 Å². The molecule has 1 saturated heterocycles. The third kappa shape index (κ3) is 2.80. The molecule has 1 rings (SSSR count). The Bertz CT molecular complexity index is 365. The molecule has 18 heavy (non-hydrogen) atoms. The first-order valence-corrected chi connectivity index (χ1v) is 6.12. The largest absolute Gasteiger partial charge is 0.480 e. The van der Waals surface area contributed by atoms with Crippen molar-refractivity contribution in [3.8, 4) is 0 Å². The Morgan fingerprint density at radius 3 is 2.44 bits per heavy atom. The van der Waals surface area contributed by atoms with Crippen LogP contribution in [0.4, 0.5) is 0 Å². The van der Waals surface area contributed by atoms with Crippen molar-refractivity contribution >= 4 is 17.8 Å². The summed E-state index contributed by atoms with van der Waals surface area (Å²) in [4.78, 5) is 37.5. The van der Waals surface area contributed by atoms with Gasteiger partial charge in [-0.05, 0) is 27.2 Å². The van der Waals surface area contributed by atoms with Crippen LogP contribution in [0.3, 0.4) is 0 Å². The van der Waals surface area contributed by atoms with Gasteiger partial charge in [-0.25, -0.2) is 4.79 Å². The fraction of sp³-hybridized carbons (Fsp3) is 0.750. The van der Waals surface area contributed by atoms with Crippen molar-refractivity contribution in [2.24, 2.45) is 0 Å². The molecule has 6 heteroatoms. The second-order valence-electron chi connectivity index (χ2n) is 4.92. The van der Waals surface area contributed by atoms with E-state index in [-0.39, 0.29) is 18.4 Å². The second kappa shape index (κ2) is 5.37. The Labute approximate surface area is 107 Å². The van der Waals surface area contributed by atoms with Crippen molar-refractivity contribution in [2.45, 2.75) is 39.2 Å². The van der Waals surface area contributed by atoms with Crippen molar-refractivity contribution in [3.05, 3.63) is 0 Å². The third-order valence-electron chi connectivity index (χ3n) is 3.31. The predicted molar refractivity (Wildman–Crippen MR) is 64.9 cm³/mol. The SMILES string of the molecule is CCN(C(=O)CN1CCCC1=O)C(C)(C)C(=O)O. The van der Waals surface area contributed by atoms with E-state index in [1.54, 1.807) is 6.92 Å². The number of rotatable bonds is 5. The zero-order valence-electron chi connectivity index (χ0n) is 11.1. The van der Waals surface area contributed by atoms with Crippen LogP contribution in [0, 0.1) is 0 Å². The lowest BCUT2D eigenvalue weighted by Gasteiger charge is -2.35. The molecule has 1 aliphatic rings. The topological polar surface area (TPSA) is 77.9 Å². The lowest BCUT2D eigenvalue weighted by atomic mass is 10.0. The molecule has 0 aromatic rings. The Hall–Kier alpha value is -1.59. The van der Waals surface area contributed by atoms with Crippen LogP contribution in [0.5, 0.6) is 0 Å². The second-order valence-corrected chi connectivity index (χ2v) is 4.92. The Morgan fingerprint density at radius 2 is 2.06 bits per heavy atom. The van der Waals surface area contributed by atoms with Crippen molar-refractivity contribution in [3.63, 3.8) is 0 Å². The first kappa shape index (κ1) is 14.5. The number of carboxylic acids is 1. The lowest BCUT2D eigenvalue weighted by Crippen LogP contribution is -2.55. The maximum atomic E-state index is 12.1. The zero-order valence-corrected chi connectivity index (χ0v) is 11.1. The number of hydrogen-bond acceptors (Lipinski definition) is 3. The standard InChI is InChI=1S/C12H20N2O4/c1-4-14(12(2,3)11(17)18)10(16)8-13-7-5-6-9(13)15/h4-8H2,1-3H3,(H,17,18). The molecule has 0 saturated carbocycles. The summed E-state index contributed by atoms with van der Waals surface area (Å²) in [5.74, 6) is -1.40. The number of likely N-dealkylation sites (N-methyl/N-ethyl adjacent to an activating group) is 1. The first-order valence-electron chi connectivity index (χ1n) is 6.12. The van der Waals surface area contributed by atoms with Crippen molar-refractivity contribution in [1.82, 2.24) is 9.80 Å². The summed E-state index contributed by atoms with van der Waals surface area (Å²) in [5, 5.41) is 9.13. The van der Waals surface area contributed by atoms with E-state index in [1.807, 2.05) is 0 Å². The minimum atomic E-state index is -1.26. The fourth-order valence-corrected chi connectivity index (χ4v) is 2.12. The molecule has 0 bridgehead atoms. The number of aliphatic carboxylic acids is 1. The summed E-state index contributed by atoms with van der Waals surface area (Å²) < 4.78 is 0. The minimum absolute atomic E-state index is 0.0244. The van der Waals surface area contributed by atoms with Gasteiger partial charge < -0.3 is 14.9 Å². The van der Waals surface area contributed by atoms with E-state index >= 15 is 0 Å². The molecule has 0 unspecified atom stereocenters. The van der Waals surface area contributed by atoms with Gasteiger partial charge in [0.15, 0.2) is 0 Å². The van der Waals surface area contributed by atoms with Crippen LogP contribution < -0.4 is 0 Å². The molecule has 0 spiro atoms. The fourth-order valence-electron chi connectivity index (χ4n) is 2.12. The highest BCUT2D eigenvalue weighted by atomic mass is 16.4. The van der Waals surface area contributed by atoms with E-state index < -0.39 is 11.5 Å². The van der Waals surface area contributed by atoms with E-state index in [0.717, 1.165) is 6.42 Å². The average molecular weight is 256 g/mol. The van der Waals surface area contributed by atoms with E-state index in [0.29, 0.717) is 19.5 Å². The van der Waals surface area contributed by atoms with Crippen molar-refractivity contribution < 1.29 is 19.5 Å². The summed E-state index contributed by atoms with van der Waals surface area (Å²) in [5.41, 5.74) is -1.26. The van der Waals surface area contributed by atoms with Crippen LogP contribution in [0.1, 0.15) is 33.6 Å². The summed E-state index contributed by atoms with van der Waals surface area (Å²) in [7, 11) is 0. The van der Waals surface area contributed by atoms with Gasteiger partial charge in [0.2, 0.25) is 11.8 Å².